The number of carbonyl (C=O) groups is 2. The number of alkyl halides is 2. The van der Waals surface area contributed by atoms with Crippen LogP contribution in [-0.2, 0) is 11.3 Å². The van der Waals surface area contributed by atoms with Gasteiger partial charge in [0.15, 0.2) is 0 Å². The maximum Gasteiger partial charge on any atom is 0.272 e. The van der Waals surface area contributed by atoms with Gasteiger partial charge in [-0.25, -0.2) is 13.8 Å². The Morgan fingerprint density at radius 1 is 1.32 bits per heavy atom. The van der Waals surface area contributed by atoms with Gasteiger partial charge in [-0.05, 0) is 42.5 Å². The summed E-state index contributed by atoms with van der Waals surface area (Å²) in [5.41, 5.74) is 6.75. The lowest BCUT2D eigenvalue weighted by Gasteiger charge is -2.27. The number of carbonyl (C=O) groups excluding carboxylic acids is 2. The Kier molecular flexibility index (Phi) is 7.71. The molecular formula is C26H28F2N6O2S. The summed E-state index contributed by atoms with van der Waals surface area (Å²) in [6.07, 6.45) is 0.463. The van der Waals surface area contributed by atoms with E-state index in [1.807, 2.05) is 48.7 Å². The molecule has 3 heterocycles. The fourth-order valence-corrected chi connectivity index (χ4v) is 5.12. The SMILES string of the molecule is CC(C)(C=C(C#N)C(=O)N1CCCC1Cn1c(NC(=O)c2ccc(C(F)F)s2)nc2ccccc21)CN. The number of nitrogens with two attached hydrogens (primary N) is 1. The molecule has 1 fully saturated rings. The molecule has 4 rings (SSSR count). The summed E-state index contributed by atoms with van der Waals surface area (Å²) in [4.78, 5) is 32.4. The Morgan fingerprint density at radius 2 is 2.08 bits per heavy atom. The number of amides is 2. The second kappa shape index (κ2) is 10.8. The number of benzene rings is 1. The maximum absolute atomic E-state index is 13.3. The van der Waals surface area contributed by atoms with Crippen LogP contribution in [0, 0.1) is 16.7 Å². The number of rotatable bonds is 8. The Morgan fingerprint density at radius 3 is 2.76 bits per heavy atom. The van der Waals surface area contributed by atoms with E-state index in [1.165, 1.54) is 12.1 Å². The third kappa shape index (κ3) is 5.70. The van der Waals surface area contributed by atoms with Gasteiger partial charge in [-0.15, -0.1) is 11.3 Å². The van der Waals surface area contributed by atoms with Gasteiger partial charge in [0.2, 0.25) is 5.95 Å². The number of nitrogens with one attached hydrogen (secondary N) is 1. The van der Waals surface area contributed by atoms with E-state index < -0.39 is 17.7 Å². The number of nitriles is 1. The molecular weight excluding hydrogens is 498 g/mol. The lowest BCUT2D eigenvalue weighted by molar-refractivity contribution is -0.127. The first-order chi connectivity index (χ1) is 17.6. The van der Waals surface area contributed by atoms with E-state index in [0.717, 1.165) is 23.3 Å². The van der Waals surface area contributed by atoms with Gasteiger partial charge < -0.3 is 15.2 Å². The monoisotopic (exact) mass is 526 g/mol. The number of aromatic nitrogens is 2. The largest absolute Gasteiger partial charge is 0.333 e. The molecule has 11 heteroatoms. The highest BCUT2D eigenvalue weighted by Crippen LogP contribution is 2.30. The van der Waals surface area contributed by atoms with E-state index >= 15 is 0 Å². The standard InChI is InChI=1S/C26H28F2N6O2S/c1-26(2,15-30)12-16(13-29)24(36)33-11-5-6-17(33)14-34-19-8-4-3-7-18(19)31-25(34)32-23(35)21-10-9-20(37-21)22(27)28/h3-4,7-10,12,17,22H,5-6,11,14-15,30H2,1-2H3,(H,31,32,35). The fraction of sp³-hybridized carbons (Fsp3) is 0.385. The smallest absolute Gasteiger partial charge is 0.272 e. The van der Waals surface area contributed by atoms with Gasteiger partial charge in [0.25, 0.3) is 18.2 Å². The second-order valence-corrected chi connectivity index (χ2v) is 10.8. The van der Waals surface area contributed by atoms with Crippen LogP contribution in [0.3, 0.4) is 0 Å². The van der Waals surface area contributed by atoms with Crippen LogP contribution in [0.1, 0.15) is 47.7 Å². The van der Waals surface area contributed by atoms with Crippen molar-refractivity contribution in [3.63, 3.8) is 0 Å². The molecule has 0 saturated carbocycles. The van der Waals surface area contributed by atoms with Crippen molar-refractivity contribution in [2.24, 2.45) is 11.1 Å². The van der Waals surface area contributed by atoms with Gasteiger partial charge in [0.1, 0.15) is 11.6 Å². The summed E-state index contributed by atoms with van der Waals surface area (Å²) in [6.45, 7) is 4.87. The predicted molar refractivity (Wildman–Crippen MR) is 138 cm³/mol. The number of hydrogen-bond donors (Lipinski definition) is 2. The van der Waals surface area contributed by atoms with Gasteiger partial charge in [0.05, 0.1) is 26.8 Å². The van der Waals surface area contributed by atoms with E-state index in [1.54, 1.807) is 11.0 Å². The molecule has 3 aromatic rings. The Bertz CT molecular complexity index is 1390. The molecule has 0 bridgehead atoms. The third-order valence-corrected chi connectivity index (χ3v) is 7.48. The molecule has 1 aliphatic rings. The van der Waals surface area contributed by atoms with Crippen molar-refractivity contribution >= 4 is 40.1 Å². The van der Waals surface area contributed by atoms with Crippen LogP contribution in [0.5, 0.6) is 0 Å². The first-order valence-electron chi connectivity index (χ1n) is 11.9. The van der Waals surface area contributed by atoms with Crippen LogP contribution in [-0.4, -0.2) is 45.4 Å². The molecule has 1 aromatic carbocycles. The number of fused-ring (bicyclic) bond motifs is 1. The van der Waals surface area contributed by atoms with Crippen LogP contribution >= 0.6 is 11.3 Å². The zero-order valence-corrected chi connectivity index (χ0v) is 21.4. The first kappa shape index (κ1) is 26.4. The quantitative estimate of drug-likeness (QED) is 0.326. The van der Waals surface area contributed by atoms with Crippen LogP contribution in [0.4, 0.5) is 14.7 Å². The Labute approximate surface area is 217 Å². The van der Waals surface area contributed by atoms with E-state index in [-0.39, 0.29) is 33.2 Å². The molecule has 2 amide bonds. The molecule has 3 N–H and O–H groups in total. The van der Waals surface area contributed by atoms with E-state index in [2.05, 4.69) is 10.3 Å². The topological polar surface area (TPSA) is 117 Å². The normalized spacial score (nSPS) is 16.4. The van der Waals surface area contributed by atoms with Gasteiger partial charge >= 0.3 is 0 Å². The number of hydrogen-bond acceptors (Lipinski definition) is 6. The minimum Gasteiger partial charge on any atom is -0.333 e. The highest BCUT2D eigenvalue weighted by molar-refractivity contribution is 7.14. The van der Waals surface area contributed by atoms with Crippen molar-refractivity contribution in [2.45, 2.75) is 45.7 Å². The molecule has 0 spiro atoms. The highest BCUT2D eigenvalue weighted by atomic mass is 32.1. The average molecular weight is 527 g/mol. The summed E-state index contributed by atoms with van der Waals surface area (Å²) >= 11 is 0.732. The summed E-state index contributed by atoms with van der Waals surface area (Å²) in [7, 11) is 0. The lowest BCUT2D eigenvalue weighted by Crippen LogP contribution is -2.39. The van der Waals surface area contributed by atoms with Crippen molar-refractivity contribution < 1.29 is 18.4 Å². The average Bonchev–Trinajstić information content (AvgIpc) is 3.62. The molecule has 194 valence electrons. The highest BCUT2D eigenvalue weighted by Gasteiger charge is 2.33. The van der Waals surface area contributed by atoms with Crippen LogP contribution in [0.2, 0.25) is 0 Å². The van der Waals surface area contributed by atoms with Gasteiger partial charge in [-0.3, -0.25) is 14.9 Å². The summed E-state index contributed by atoms with van der Waals surface area (Å²) in [6, 6.07) is 11.8. The Balaban J connectivity index is 1.62. The number of likely N-dealkylation sites (tertiary alicyclic amines) is 1. The zero-order chi connectivity index (χ0) is 26.7. The van der Waals surface area contributed by atoms with E-state index in [4.69, 9.17) is 5.73 Å². The predicted octanol–water partition coefficient (Wildman–Crippen LogP) is 4.71. The third-order valence-electron chi connectivity index (χ3n) is 6.39. The molecule has 8 nitrogen and oxygen atoms in total. The molecule has 1 aliphatic heterocycles. The number of para-hydroxylation sites is 2. The summed E-state index contributed by atoms with van der Waals surface area (Å²) in [5.74, 6) is -0.621. The Hall–Kier alpha value is -3.62. The molecule has 0 radical (unpaired) electrons. The minimum absolute atomic E-state index is 0.0545. The van der Waals surface area contributed by atoms with Gasteiger partial charge in [0, 0.05) is 19.6 Å². The number of nitrogens with zero attached hydrogens (tertiary/aromatic N) is 4. The van der Waals surface area contributed by atoms with Crippen LogP contribution in [0.15, 0.2) is 48.0 Å². The first-order valence-corrected chi connectivity index (χ1v) is 12.7. The van der Waals surface area contributed by atoms with E-state index in [9.17, 15) is 23.6 Å². The van der Waals surface area contributed by atoms with Crippen LogP contribution in [0.25, 0.3) is 11.0 Å². The number of halogens is 2. The minimum atomic E-state index is -2.65. The molecule has 1 atom stereocenters. The number of anilines is 1. The molecule has 1 saturated heterocycles. The van der Waals surface area contributed by atoms with Crippen molar-refractivity contribution in [3.05, 3.63) is 57.8 Å². The molecule has 2 aromatic heterocycles. The van der Waals surface area contributed by atoms with Gasteiger partial charge in [-0.2, -0.15) is 5.26 Å². The summed E-state index contributed by atoms with van der Waals surface area (Å²) in [5, 5.41) is 12.4. The maximum atomic E-state index is 13.3. The second-order valence-electron chi connectivity index (χ2n) is 9.65. The van der Waals surface area contributed by atoms with Crippen LogP contribution < -0.4 is 11.1 Å². The zero-order valence-electron chi connectivity index (χ0n) is 20.6. The lowest BCUT2D eigenvalue weighted by atomic mass is 9.91. The van der Waals surface area contributed by atoms with E-state index in [0.29, 0.717) is 31.6 Å². The number of thiophene rings is 1. The van der Waals surface area contributed by atoms with Crippen molar-refractivity contribution in [1.29, 1.82) is 5.26 Å². The van der Waals surface area contributed by atoms with Crippen molar-refractivity contribution in [3.8, 4) is 6.07 Å². The summed E-state index contributed by atoms with van der Waals surface area (Å²) < 4.78 is 27.8. The van der Waals surface area contributed by atoms with Gasteiger partial charge in [-0.1, -0.05) is 32.1 Å². The number of imidazole rings is 1. The molecule has 37 heavy (non-hydrogen) atoms. The molecule has 1 unspecified atom stereocenters. The fourth-order valence-electron chi connectivity index (χ4n) is 4.36. The molecule has 0 aliphatic carbocycles. The van der Waals surface area contributed by atoms with Crippen molar-refractivity contribution in [1.82, 2.24) is 14.5 Å². The van der Waals surface area contributed by atoms with Crippen molar-refractivity contribution in [2.75, 3.05) is 18.4 Å².